The molecule has 0 amide bonds. The van der Waals surface area contributed by atoms with Crippen LogP contribution in [-0.2, 0) is 0 Å². The molecule has 1 aliphatic heterocycles. The fourth-order valence-corrected chi connectivity index (χ4v) is 3.19. The van der Waals surface area contributed by atoms with Crippen LogP contribution in [0.5, 0.6) is 0 Å². The molecule has 5 atom stereocenters. The van der Waals surface area contributed by atoms with Crippen molar-refractivity contribution >= 4 is 0 Å². The van der Waals surface area contributed by atoms with Crippen molar-refractivity contribution in [1.82, 2.24) is 10.2 Å². The summed E-state index contributed by atoms with van der Waals surface area (Å²) in [5.74, 6) is 1.80. The van der Waals surface area contributed by atoms with Gasteiger partial charge in [0.1, 0.15) is 0 Å². The third kappa shape index (κ3) is 2.78. The highest BCUT2D eigenvalue weighted by molar-refractivity contribution is 4.97. The molecule has 2 aliphatic rings. The van der Waals surface area contributed by atoms with E-state index in [1.54, 1.807) is 0 Å². The molecule has 1 saturated heterocycles. The van der Waals surface area contributed by atoms with Gasteiger partial charge >= 0.3 is 0 Å². The smallest absolute Gasteiger partial charge is 0.0122 e. The van der Waals surface area contributed by atoms with Crippen LogP contribution >= 0.6 is 0 Å². The molecule has 16 heavy (non-hydrogen) atoms. The van der Waals surface area contributed by atoms with Crippen LogP contribution in [0, 0.1) is 11.8 Å². The second kappa shape index (κ2) is 5.05. The Morgan fingerprint density at radius 2 is 1.94 bits per heavy atom. The summed E-state index contributed by atoms with van der Waals surface area (Å²) < 4.78 is 0. The molecule has 1 heterocycles. The molecule has 1 aliphatic carbocycles. The first kappa shape index (κ1) is 12.4. The number of rotatable bonds is 4. The van der Waals surface area contributed by atoms with Crippen molar-refractivity contribution in [2.45, 2.75) is 64.6 Å². The molecule has 2 rings (SSSR count). The van der Waals surface area contributed by atoms with Crippen LogP contribution in [0.4, 0.5) is 0 Å². The van der Waals surface area contributed by atoms with Gasteiger partial charge in [-0.1, -0.05) is 20.3 Å². The van der Waals surface area contributed by atoms with Crippen LogP contribution in [0.2, 0.25) is 0 Å². The molecule has 0 aromatic rings. The molecule has 2 fully saturated rings. The fraction of sp³-hybridized carbons (Fsp3) is 1.00. The number of nitrogens with zero attached hydrogens (tertiary/aromatic N) is 1. The second-order valence-corrected chi connectivity index (χ2v) is 6.17. The van der Waals surface area contributed by atoms with E-state index < -0.39 is 0 Å². The lowest BCUT2D eigenvalue weighted by Crippen LogP contribution is -2.51. The van der Waals surface area contributed by atoms with Crippen molar-refractivity contribution in [1.29, 1.82) is 0 Å². The number of hydrogen-bond acceptors (Lipinski definition) is 2. The molecule has 1 saturated carbocycles. The van der Waals surface area contributed by atoms with Gasteiger partial charge in [0, 0.05) is 24.7 Å². The Labute approximate surface area is 101 Å². The standard InChI is InChI=1S/C14H28N2/c1-5-6-12-8-14(12)15-13-7-11(3)16(4)9-10(13)2/h10-15H,5-9H2,1-4H3. The van der Waals surface area contributed by atoms with Gasteiger partial charge in [-0.15, -0.1) is 0 Å². The number of piperidine rings is 1. The van der Waals surface area contributed by atoms with E-state index in [1.165, 1.54) is 32.2 Å². The van der Waals surface area contributed by atoms with Crippen LogP contribution in [0.3, 0.4) is 0 Å². The van der Waals surface area contributed by atoms with Gasteiger partial charge in [0.05, 0.1) is 0 Å². The zero-order valence-corrected chi connectivity index (χ0v) is 11.4. The van der Waals surface area contributed by atoms with E-state index in [-0.39, 0.29) is 0 Å². The maximum Gasteiger partial charge on any atom is 0.0122 e. The summed E-state index contributed by atoms with van der Waals surface area (Å²) in [5.41, 5.74) is 0. The van der Waals surface area contributed by atoms with E-state index in [2.05, 4.69) is 38.0 Å². The quantitative estimate of drug-likeness (QED) is 0.789. The predicted octanol–water partition coefficient (Wildman–Crippen LogP) is 2.49. The Balaban J connectivity index is 1.77. The van der Waals surface area contributed by atoms with E-state index >= 15 is 0 Å². The Bertz CT molecular complexity index is 229. The van der Waals surface area contributed by atoms with Gasteiger partial charge in [-0.25, -0.2) is 0 Å². The zero-order valence-electron chi connectivity index (χ0n) is 11.4. The molecule has 2 heteroatoms. The molecular formula is C14H28N2. The highest BCUT2D eigenvalue weighted by Gasteiger charge is 2.39. The van der Waals surface area contributed by atoms with Gasteiger partial charge in [-0.05, 0) is 45.1 Å². The second-order valence-electron chi connectivity index (χ2n) is 6.17. The van der Waals surface area contributed by atoms with Crippen molar-refractivity contribution in [2.24, 2.45) is 11.8 Å². The van der Waals surface area contributed by atoms with Crippen molar-refractivity contribution in [3.8, 4) is 0 Å². The Kier molecular flexibility index (Phi) is 3.91. The summed E-state index contributed by atoms with van der Waals surface area (Å²) in [6.07, 6.45) is 5.53. The largest absolute Gasteiger partial charge is 0.311 e. The molecule has 0 spiro atoms. The molecular weight excluding hydrogens is 196 g/mol. The fourth-order valence-electron chi connectivity index (χ4n) is 3.19. The Hall–Kier alpha value is -0.0800. The number of likely N-dealkylation sites (tertiary alicyclic amines) is 1. The van der Waals surface area contributed by atoms with Crippen molar-refractivity contribution in [2.75, 3.05) is 13.6 Å². The first-order chi connectivity index (χ1) is 7.61. The maximum absolute atomic E-state index is 3.90. The Morgan fingerprint density at radius 1 is 1.19 bits per heavy atom. The highest BCUT2D eigenvalue weighted by atomic mass is 15.2. The minimum absolute atomic E-state index is 0.747. The summed E-state index contributed by atoms with van der Waals surface area (Å²) in [4.78, 5) is 2.50. The number of hydrogen-bond donors (Lipinski definition) is 1. The monoisotopic (exact) mass is 224 g/mol. The predicted molar refractivity (Wildman–Crippen MR) is 69.6 cm³/mol. The Morgan fingerprint density at radius 3 is 2.62 bits per heavy atom. The topological polar surface area (TPSA) is 15.3 Å². The van der Waals surface area contributed by atoms with Gasteiger partial charge in [0.25, 0.3) is 0 Å². The van der Waals surface area contributed by atoms with Crippen LogP contribution in [0.15, 0.2) is 0 Å². The molecule has 1 N–H and O–H groups in total. The molecule has 0 aromatic heterocycles. The first-order valence-corrected chi connectivity index (χ1v) is 7.08. The van der Waals surface area contributed by atoms with Crippen LogP contribution in [-0.4, -0.2) is 36.6 Å². The van der Waals surface area contributed by atoms with E-state index in [9.17, 15) is 0 Å². The van der Waals surface area contributed by atoms with E-state index in [0.717, 1.165) is 30.0 Å². The van der Waals surface area contributed by atoms with Gasteiger partial charge in [0.2, 0.25) is 0 Å². The van der Waals surface area contributed by atoms with E-state index in [0.29, 0.717) is 0 Å². The van der Waals surface area contributed by atoms with Crippen LogP contribution < -0.4 is 5.32 Å². The third-order valence-electron chi connectivity index (χ3n) is 4.62. The molecule has 94 valence electrons. The zero-order chi connectivity index (χ0) is 11.7. The summed E-state index contributed by atoms with van der Waals surface area (Å²) in [5, 5.41) is 3.90. The average Bonchev–Trinajstić information content (AvgIpc) is 2.94. The van der Waals surface area contributed by atoms with Crippen molar-refractivity contribution in [3.63, 3.8) is 0 Å². The van der Waals surface area contributed by atoms with Crippen molar-refractivity contribution in [3.05, 3.63) is 0 Å². The SMILES string of the molecule is CCCC1CC1NC1CC(C)N(C)CC1C. The van der Waals surface area contributed by atoms with E-state index in [4.69, 9.17) is 0 Å². The van der Waals surface area contributed by atoms with E-state index in [1.807, 2.05) is 0 Å². The molecule has 0 aromatic carbocycles. The first-order valence-electron chi connectivity index (χ1n) is 7.08. The van der Waals surface area contributed by atoms with Crippen molar-refractivity contribution < 1.29 is 0 Å². The van der Waals surface area contributed by atoms with Gasteiger partial charge < -0.3 is 10.2 Å². The summed E-state index contributed by atoms with van der Waals surface area (Å²) in [6, 6.07) is 2.36. The highest BCUT2D eigenvalue weighted by Crippen LogP contribution is 2.36. The summed E-state index contributed by atoms with van der Waals surface area (Å²) in [6.45, 7) is 8.31. The lowest BCUT2D eigenvalue weighted by molar-refractivity contribution is 0.120. The van der Waals surface area contributed by atoms with Gasteiger partial charge in [0.15, 0.2) is 0 Å². The van der Waals surface area contributed by atoms with Gasteiger partial charge in [-0.2, -0.15) is 0 Å². The normalized spacial score (nSPS) is 44.6. The summed E-state index contributed by atoms with van der Waals surface area (Å²) >= 11 is 0. The van der Waals surface area contributed by atoms with Crippen LogP contribution in [0.1, 0.15) is 46.5 Å². The summed E-state index contributed by atoms with van der Waals surface area (Å²) in [7, 11) is 2.26. The lowest BCUT2D eigenvalue weighted by atomic mass is 9.90. The minimum Gasteiger partial charge on any atom is -0.311 e. The number of nitrogens with one attached hydrogen (secondary N) is 1. The molecule has 0 bridgehead atoms. The molecule has 2 nitrogen and oxygen atoms in total. The molecule has 5 unspecified atom stereocenters. The minimum atomic E-state index is 0.747. The molecule has 0 radical (unpaired) electrons. The average molecular weight is 224 g/mol. The third-order valence-corrected chi connectivity index (χ3v) is 4.62. The van der Waals surface area contributed by atoms with Crippen LogP contribution in [0.25, 0.3) is 0 Å². The lowest BCUT2D eigenvalue weighted by Gasteiger charge is -2.40. The van der Waals surface area contributed by atoms with Gasteiger partial charge in [-0.3, -0.25) is 0 Å². The maximum atomic E-state index is 3.90.